The van der Waals surface area contributed by atoms with Crippen LogP contribution in [0.1, 0.15) is 37.8 Å². The molecule has 1 aliphatic rings. The predicted octanol–water partition coefficient (Wildman–Crippen LogP) is 4.05. The second-order valence-electron chi connectivity index (χ2n) is 7.75. The SMILES string of the molecule is CC(C)S(=O)(=O)CCNc1cccc(Nc2ncc(C(F)(F)F)c(NC3CC3)n2)c1C=N. The van der Waals surface area contributed by atoms with E-state index in [0.717, 1.165) is 25.3 Å². The van der Waals surface area contributed by atoms with Gasteiger partial charge in [-0.3, -0.25) is 0 Å². The molecule has 2 aromatic rings. The fraction of sp³-hybridized carbons (Fsp3) is 0.450. The second kappa shape index (κ2) is 9.31. The molecule has 1 aromatic carbocycles. The standard InChI is InChI=1S/C20H25F3N6O2S/c1-12(2)32(30,31)9-8-25-16-4-3-5-17(14(16)10-24)28-19-26-11-15(20(21,22)23)18(29-19)27-13-6-7-13/h3-5,10-13,24-25H,6-9H2,1-2H3,(H2,26,27,28,29). The minimum Gasteiger partial charge on any atom is -0.383 e. The lowest BCUT2D eigenvalue weighted by Crippen LogP contribution is -2.23. The lowest BCUT2D eigenvalue weighted by atomic mass is 10.1. The van der Waals surface area contributed by atoms with Crippen molar-refractivity contribution in [2.75, 3.05) is 28.2 Å². The van der Waals surface area contributed by atoms with E-state index in [-0.39, 0.29) is 30.1 Å². The number of halogens is 3. The van der Waals surface area contributed by atoms with Crippen LogP contribution in [0.5, 0.6) is 0 Å². The molecule has 3 rings (SSSR count). The van der Waals surface area contributed by atoms with Gasteiger partial charge in [0.15, 0.2) is 9.84 Å². The lowest BCUT2D eigenvalue weighted by Gasteiger charge is -2.17. The first-order valence-electron chi connectivity index (χ1n) is 10.1. The van der Waals surface area contributed by atoms with Crippen molar-refractivity contribution >= 4 is 39.2 Å². The van der Waals surface area contributed by atoms with Gasteiger partial charge in [0.05, 0.1) is 16.7 Å². The summed E-state index contributed by atoms with van der Waals surface area (Å²) in [7, 11) is -3.23. The van der Waals surface area contributed by atoms with Gasteiger partial charge in [-0.05, 0) is 38.8 Å². The fourth-order valence-corrected chi connectivity index (χ4v) is 3.71. The van der Waals surface area contributed by atoms with Crippen molar-refractivity contribution in [1.82, 2.24) is 9.97 Å². The van der Waals surface area contributed by atoms with Gasteiger partial charge < -0.3 is 21.4 Å². The Bertz CT molecular complexity index is 1090. The Labute approximate surface area is 184 Å². The zero-order valence-electron chi connectivity index (χ0n) is 17.6. The summed E-state index contributed by atoms with van der Waals surface area (Å²) in [6.45, 7) is 3.37. The molecule has 0 saturated heterocycles. The summed E-state index contributed by atoms with van der Waals surface area (Å²) in [6, 6.07) is 4.94. The van der Waals surface area contributed by atoms with Crippen LogP contribution in [0.15, 0.2) is 24.4 Å². The van der Waals surface area contributed by atoms with Crippen LogP contribution < -0.4 is 16.0 Å². The number of rotatable bonds is 10. The van der Waals surface area contributed by atoms with Crippen molar-refractivity contribution in [3.8, 4) is 0 Å². The number of benzene rings is 1. The van der Waals surface area contributed by atoms with Crippen LogP contribution in [0.2, 0.25) is 0 Å². The zero-order valence-corrected chi connectivity index (χ0v) is 18.4. The van der Waals surface area contributed by atoms with E-state index < -0.39 is 26.8 Å². The molecule has 0 aliphatic heterocycles. The predicted molar refractivity (Wildman–Crippen MR) is 119 cm³/mol. The quantitative estimate of drug-likeness (QED) is 0.387. The van der Waals surface area contributed by atoms with E-state index in [1.54, 1.807) is 32.0 Å². The Morgan fingerprint density at radius 2 is 1.94 bits per heavy atom. The van der Waals surface area contributed by atoms with Gasteiger partial charge in [-0.15, -0.1) is 0 Å². The highest BCUT2D eigenvalue weighted by Gasteiger charge is 2.37. The molecule has 1 aromatic heterocycles. The molecule has 0 amide bonds. The van der Waals surface area contributed by atoms with Crippen molar-refractivity contribution in [2.45, 2.75) is 44.2 Å². The van der Waals surface area contributed by atoms with Crippen molar-refractivity contribution in [3.63, 3.8) is 0 Å². The first-order chi connectivity index (χ1) is 15.0. The molecular formula is C20H25F3N6O2S. The van der Waals surface area contributed by atoms with E-state index in [1.165, 1.54) is 0 Å². The Morgan fingerprint density at radius 3 is 2.53 bits per heavy atom. The van der Waals surface area contributed by atoms with Crippen LogP contribution in [0.25, 0.3) is 0 Å². The van der Waals surface area contributed by atoms with Gasteiger partial charge in [0.25, 0.3) is 0 Å². The average molecular weight is 471 g/mol. The highest BCUT2D eigenvalue weighted by molar-refractivity contribution is 7.92. The molecule has 1 heterocycles. The highest BCUT2D eigenvalue weighted by Crippen LogP contribution is 2.36. The van der Waals surface area contributed by atoms with Crippen molar-refractivity contribution in [1.29, 1.82) is 5.41 Å². The molecule has 1 aliphatic carbocycles. The number of aromatic nitrogens is 2. The number of alkyl halides is 3. The molecule has 0 spiro atoms. The molecule has 0 radical (unpaired) electrons. The summed E-state index contributed by atoms with van der Waals surface area (Å²) in [5, 5.41) is 15.9. The van der Waals surface area contributed by atoms with E-state index in [1.807, 2.05) is 0 Å². The smallest absolute Gasteiger partial charge is 0.383 e. The second-order valence-corrected chi connectivity index (χ2v) is 10.4. The summed E-state index contributed by atoms with van der Waals surface area (Å²) in [5.74, 6) is -0.413. The first kappa shape index (κ1) is 23.8. The summed E-state index contributed by atoms with van der Waals surface area (Å²) in [6.07, 6.45) is -1.24. The van der Waals surface area contributed by atoms with E-state index in [4.69, 9.17) is 5.41 Å². The third kappa shape index (κ3) is 5.87. The van der Waals surface area contributed by atoms with Crippen molar-refractivity contribution in [2.24, 2.45) is 0 Å². The zero-order chi connectivity index (χ0) is 23.5. The maximum Gasteiger partial charge on any atom is 0.421 e. The number of sulfone groups is 1. The molecular weight excluding hydrogens is 445 g/mol. The van der Waals surface area contributed by atoms with Crippen LogP contribution in [0.3, 0.4) is 0 Å². The summed E-state index contributed by atoms with van der Waals surface area (Å²) >= 11 is 0. The molecule has 0 bridgehead atoms. The van der Waals surface area contributed by atoms with Gasteiger partial charge in [0.2, 0.25) is 5.95 Å². The first-order valence-corrected chi connectivity index (χ1v) is 11.8. The minimum atomic E-state index is -4.59. The monoisotopic (exact) mass is 470 g/mol. The molecule has 8 nitrogen and oxygen atoms in total. The maximum absolute atomic E-state index is 13.3. The van der Waals surface area contributed by atoms with Crippen LogP contribution in [0, 0.1) is 5.41 Å². The molecule has 12 heteroatoms. The van der Waals surface area contributed by atoms with Gasteiger partial charge in [0.1, 0.15) is 11.4 Å². The largest absolute Gasteiger partial charge is 0.421 e. The lowest BCUT2D eigenvalue weighted by molar-refractivity contribution is -0.137. The summed E-state index contributed by atoms with van der Waals surface area (Å²) in [4.78, 5) is 7.80. The number of anilines is 4. The Kier molecular flexibility index (Phi) is 6.91. The van der Waals surface area contributed by atoms with Gasteiger partial charge >= 0.3 is 6.18 Å². The maximum atomic E-state index is 13.3. The van der Waals surface area contributed by atoms with Crippen LogP contribution in [-0.2, 0) is 16.0 Å². The van der Waals surface area contributed by atoms with E-state index in [2.05, 4.69) is 25.9 Å². The minimum absolute atomic E-state index is 0.0365. The summed E-state index contributed by atoms with van der Waals surface area (Å²) < 4.78 is 63.8. The topological polar surface area (TPSA) is 120 Å². The van der Waals surface area contributed by atoms with Gasteiger partial charge in [-0.1, -0.05) is 6.07 Å². The van der Waals surface area contributed by atoms with Crippen LogP contribution in [-0.4, -0.2) is 48.2 Å². The van der Waals surface area contributed by atoms with Gasteiger partial charge in [-0.2, -0.15) is 18.2 Å². The molecule has 1 fully saturated rings. The molecule has 1 saturated carbocycles. The molecule has 174 valence electrons. The summed E-state index contributed by atoms with van der Waals surface area (Å²) in [5.41, 5.74) is 0.361. The van der Waals surface area contributed by atoms with E-state index in [9.17, 15) is 21.6 Å². The Morgan fingerprint density at radius 1 is 1.25 bits per heavy atom. The number of nitrogens with zero attached hydrogens (tertiary/aromatic N) is 2. The van der Waals surface area contributed by atoms with E-state index >= 15 is 0 Å². The average Bonchev–Trinajstić information content (AvgIpc) is 3.51. The normalized spacial score (nSPS) is 14.3. The molecule has 0 atom stereocenters. The molecule has 4 N–H and O–H groups in total. The Balaban J connectivity index is 1.81. The van der Waals surface area contributed by atoms with Gasteiger partial charge in [-0.25, -0.2) is 13.4 Å². The molecule has 32 heavy (non-hydrogen) atoms. The van der Waals surface area contributed by atoms with E-state index in [0.29, 0.717) is 16.9 Å². The fourth-order valence-electron chi connectivity index (χ4n) is 2.85. The number of hydrogen-bond donors (Lipinski definition) is 4. The van der Waals surface area contributed by atoms with Crippen molar-refractivity contribution < 1.29 is 21.6 Å². The molecule has 0 unspecified atom stereocenters. The number of nitrogens with one attached hydrogen (secondary N) is 4. The Hall–Kier alpha value is -2.89. The number of hydrogen-bond acceptors (Lipinski definition) is 8. The van der Waals surface area contributed by atoms with Gasteiger partial charge in [0, 0.05) is 36.2 Å². The third-order valence-electron chi connectivity index (χ3n) is 4.93. The highest BCUT2D eigenvalue weighted by atomic mass is 32.2. The van der Waals surface area contributed by atoms with Crippen LogP contribution in [0.4, 0.5) is 36.3 Å². The third-order valence-corrected chi connectivity index (χ3v) is 7.14. The van der Waals surface area contributed by atoms with Crippen molar-refractivity contribution in [3.05, 3.63) is 35.5 Å². The van der Waals surface area contributed by atoms with Crippen LogP contribution >= 0.6 is 0 Å².